The molecule has 0 spiro atoms. The maximum absolute atomic E-state index is 13.8. The number of nitrogens with two attached hydrogens (primary N) is 2. The Kier molecular flexibility index (Phi) is 17.4. The van der Waals surface area contributed by atoms with E-state index in [4.69, 9.17) is 21.0 Å². The van der Waals surface area contributed by atoms with Gasteiger partial charge in [0.1, 0.15) is 12.4 Å². The number of hydrogen-bond acceptors (Lipinski definition) is 6. The van der Waals surface area contributed by atoms with Gasteiger partial charge in [-0.25, -0.2) is 25.9 Å². The lowest BCUT2D eigenvalue weighted by molar-refractivity contribution is 0.159. The fraction of sp³-hybridized carbons (Fsp3) is 0.583. The first kappa shape index (κ1) is 34.1. The number of rotatable bonds is 15. The molecule has 0 bridgehead atoms. The van der Waals surface area contributed by atoms with Crippen LogP contribution >= 0.6 is 17.7 Å². The summed E-state index contributed by atoms with van der Waals surface area (Å²) in [4.78, 5) is 18.2. The second-order valence-corrected chi connectivity index (χ2v) is 10.4. The molecule has 0 heterocycles. The first-order valence-corrected chi connectivity index (χ1v) is 13.9. The van der Waals surface area contributed by atoms with E-state index in [-0.39, 0.29) is 6.61 Å². The van der Waals surface area contributed by atoms with E-state index < -0.39 is 20.1 Å². The Hall–Kier alpha value is -1.86. The second-order valence-electron chi connectivity index (χ2n) is 8.02. The van der Waals surface area contributed by atoms with Gasteiger partial charge in [-0.2, -0.15) is 4.20 Å². The van der Waals surface area contributed by atoms with Crippen LogP contribution in [0.1, 0.15) is 73.6 Å². The van der Waals surface area contributed by atoms with E-state index >= 15 is 0 Å². The molecular formula is C24H43F2N5O3P2. The van der Waals surface area contributed by atoms with Crippen molar-refractivity contribution in [3.63, 3.8) is 0 Å². The fourth-order valence-electron chi connectivity index (χ4n) is 3.01. The summed E-state index contributed by atoms with van der Waals surface area (Å²) in [5, 5.41) is 6.15. The molecule has 0 aliphatic rings. The summed E-state index contributed by atoms with van der Waals surface area (Å²) in [6, 6.07) is -0.572. The highest BCUT2D eigenvalue weighted by atomic mass is 31.2. The summed E-state index contributed by atoms with van der Waals surface area (Å²) < 4.78 is 32.1. The SMILES string of the molecule is C/C=C(\C=C(/CC)OP(F)C(F)P)C(C)=NOCC(=C(/C)CCCC)/C(=C\CC)N(N)C(=O)N(C)N. The molecule has 12 heteroatoms. The van der Waals surface area contributed by atoms with Crippen LogP contribution in [0.25, 0.3) is 0 Å². The van der Waals surface area contributed by atoms with Crippen molar-refractivity contribution in [3.05, 3.63) is 46.4 Å². The van der Waals surface area contributed by atoms with Crippen LogP contribution in [0.5, 0.6) is 0 Å². The van der Waals surface area contributed by atoms with Crippen LogP contribution in [0.3, 0.4) is 0 Å². The molecule has 36 heavy (non-hydrogen) atoms. The summed E-state index contributed by atoms with van der Waals surface area (Å²) in [6.45, 7) is 11.4. The van der Waals surface area contributed by atoms with Gasteiger partial charge < -0.3 is 9.36 Å². The van der Waals surface area contributed by atoms with Crippen LogP contribution in [0.15, 0.2) is 51.6 Å². The standard InChI is InChI=1S/C24H43F2N5O3P2/c1-8-12-14-17(5)21(22(13-9-2)31(28)24(32)30(7)27)16-33-29-18(6)19(10-3)15-20(11-4)34-36(26)23(25)35/h10,13,15,23H,8-9,11-12,14,16,27-28,35H2,1-7H3/b19-10+,20-15+,21-17+,22-13+,29-18?. The van der Waals surface area contributed by atoms with Gasteiger partial charge in [0.15, 0.2) is 5.65 Å². The third-order valence-corrected chi connectivity index (χ3v) is 6.60. The van der Waals surface area contributed by atoms with E-state index in [2.05, 4.69) is 12.1 Å². The van der Waals surface area contributed by atoms with Gasteiger partial charge in [0.05, 0.1) is 11.4 Å². The predicted octanol–water partition coefficient (Wildman–Crippen LogP) is 6.95. The van der Waals surface area contributed by atoms with Crippen LogP contribution in [0, 0.1) is 0 Å². The molecule has 0 aromatic rings. The number of allylic oxidation sites excluding steroid dienone is 6. The monoisotopic (exact) mass is 549 g/mol. The van der Waals surface area contributed by atoms with Crippen molar-refractivity contribution in [3.8, 4) is 0 Å². The average Bonchev–Trinajstić information content (AvgIpc) is 2.84. The molecule has 0 saturated carbocycles. The molecule has 0 radical (unpaired) electrons. The summed E-state index contributed by atoms with van der Waals surface area (Å²) in [5.74, 6) is 12.1. The topological polar surface area (TPSA) is 106 Å². The predicted molar refractivity (Wildman–Crippen MR) is 149 cm³/mol. The Morgan fingerprint density at radius 2 is 1.89 bits per heavy atom. The van der Waals surface area contributed by atoms with Gasteiger partial charge >= 0.3 is 14.5 Å². The number of oxime groups is 1. The van der Waals surface area contributed by atoms with E-state index in [1.165, 1.54) is 7.05 Å². The van der Waals surface area contributed by atoms with Gasteiger partial charge in [-0.05, 0) is 51.7 Å². The van der Waals surface area contributed by atoms with Crippen molar-refractivity contribution in [2.45, 2.75) is 79.3 Å². The third-order valence-electron chi connectivity index (χ3n) is 5.10. The Balaban J connectivity index is 5.97. The van der Waals surface area contributed by atoms with E-state index in [0.717, 1.165) is 40.4 Å². The van der Waals surface area contributed by atoms with Crippen molar-refractivity contribution in [2.24, 2.45) is 16.8 Å². The van der Waals surface area contributed by atoms with Gasteiger partial charge in [-0.1, -0.05) is 59.3 Å². The number of alkyl halides is 1. The molecule has 0 fully saturated rings. The molecule has 0 aromatic heterocycles. The van der Waals surface area contributed by atoms with Gasteiger partial charge in [-0.3, -0.25) is 5.01 Å². The minimum atomic E-state index is -2.74. The number of urea groups is 1. The van der Waals surface area contributed by atoms with Crippen LogP contribution in [0.2, 0.25) is 0 Å². The highest BCUT2D eigenvalue weighted by Crippen LogP contribution is 2.50. The van der Waals surface area contributed by atoms with Gasteiger partial charge in [0, 0.05) is 19.0 Å². The maximum atomic E-state index is 13.8. The van der Waals surface area contributed by atoms with Gasteiger partial charge in [0.2, 0.25) is 0 Å². The van der Waals surface area contributed by atoms with Crippen LogP contribution in [-0.2, 0) is 9.36 Å². The van der Waals surface area contributed by atoms with Crippen LogP contribution in [-0.4, -0.2) is 41.1 Å². The third kappa shape index (κ3) is 11.9. The highest BCUT2D eigenvalue weighted by Gasteiger charge is 2.22. The van der Waals surface area contributed by atoms with E-state index in [1.807, 2.05) is 19.9 Å². The van der Waals surface area contributed by atoms with Crippen LogP contribution < -0.4 is 11.7 Å². The molecule has 3 atom stereocenters. The van der Waals surface area contributed by atoms with Crippen molar-refractivity contribution >= 4 is 29.4 Å². The molecule has 0 aromatic carbocycles. The number of amides is 2. The maximum Gasteiger partial charge on any atom is 0.352 e. The van der Waals surface area contributed by atoms with Crippen molar-refractivity contribution < 1.29 is 22.7 Å². The number of unbranched alkanes of at least 4 members (excludes halogenated alkanes) is 1. The fourth-order valence-corrected chi connectivity index (χ4v) is 3.70. The van der Waals surface area contributed by atoms with E-state index in [9.17, 15) is 13.4 Å². The summed E-state index contributed by atoms with van der Waals surface area (Å²) in [5.41, 5.74) is 1.67. The lowest BCUT2D eigenvalue weighted by Crippen LogP contribution is -2.48. The van der Waals surface area contributed by atoms with Crippen molar-refractivity contribution in [2.75, 3.05) is 13.7 Å². The van der Waals surface area contributed by atoms with E-state index in [1.54, 1.807) is 42.2 Å². The minimum Gasteiger partial charge on any atom is -0.446 e. The summed E-state index contributed by atoms with van der Waals surface area (Å²) >= 11 is 0. The van der Waals surface area contributed by atoms with Crippen LogP contribution in [0.4, 0.5) is 13.4 Å². The summed E-state index contributed by atoms with van der Waals surface area (Å²) in [6.07, 6.45) is 9.03. The number of hydrogen-bond donors (Lipinski definition) is 2. The smallest absolute Gasteiger partial charge is 0.352 e. The normalized spacial score (nSPS) is 15.8. The number of nitrogens with zero attached hydrogens (tertiary/aromatic N) is 3. The molecule has 8 nitrogen and oxygen atoms in total. The Morgan fingerprint density at radius 3 is 2.36 bits per heavy atom. The average molecular weight is 550 g/mol. The molecule has 0 aliphatic carbocycles. The van der Waals surface area contributed by atoms with Gasteiger partial charge in [0.25, 0.3) is 0 Å². The lowest BCUT2D eigenvalue weighted by atomic mass is 10.0. The first-order chi connectivity index (χ1) is 16.9. The molecule has 4 N–H and O–H groups in total. The molecule has 3 unspecified atom stereocenters. The quantitative estimate of drug-likeness (QED) is 0.0437. The first-order valence-electron chi connectivity index (χ1n) is 12.0. The molecule has 2 amide bonds. The van der Waals surface area contributed by atoms with Crippen molar-refractivity contribution in [1.29, 1.82) is 0 Å². The Labute approximate surface area is 218 Å². The zero-order valence-corrected chi connectivity index (χ0v) is 24.6. The molecule has 0 rings (SSSR count). The Bertz CT molecular complexity index is 859. The van der Waals surface area contributed by atoms with E-state index in [0.29, 0.717) is 35.6 Å². The zero-order valence-electron chi connectivity index (χ0n) is 22.6. The molecule has 0 saturated heterocycles. The second kappa shape index (κ2) is 18.4. The number of halogens is 2. The molecule has 206 valence electrons. The highest BCUT2D eigenvalue weighted by molar-refractivity contribution is 7.56. The zero-order chi connectivity index (χ0) is 27.8. The number of carbonyl (C=O) groups excluding carboxylic acids is 1. The largest absolute Gasteiger partial charge is 0.446 e. The minimum absolute atomic E-state index is 0.0677. The molecular weight excluding hydrogens is 506 g/mol. The van der Waals surface area contributed by atoms with Gasteiger partial charge in [-0.15, -0.1) is 0 Å². The Morgan fingerprint density at radius 1 is 1.25 bits per heavy atom. The summed E-state index contributed by atoms with van der Waals surface area (Å²) in [7, 11) is 0.447. The number of carbonyl (C=O) groups is 1. The molecule has 0 aliphatic heterocycles. The van der Waals surface area contributed by atoms with Crippen molar-refractivity contribution in [1.82, 2.24) is 10.0 Å². The lowest BCUT2D eigenvalue weighted by Gasteiger charge is -2.26. The number of hydrazine groups is 2.